The molecular weight excluding hydrogens is 432 g/mol. The third kappa shape index (κ3) is 3.75. The van der Waals surface area contributed by atoms with E-state index in [1.165, 1.54) is 0 Å². The molecule has 0 aliphatic heterocycles. The number of benzene rings is 1. The summed E-state index contributed by atoms with van der Waals surface area (Å²) in [6.07, 6.45) is 4.53. The van der Waals surface area contributed by atoms with Gasteiger partial charge in [-0.25, -0.2) is 18.1 Å². The Morgan fingerprint density at radius 2 is 2.06 bits per heavy atom. The van der Waals surface area contributed by atoms with Crippen molar-refractivity contribution in [2.75, 3.05) is 0 Å². The van der Waals surface area contributed by atoms with Crippen LogP contribution in [0.4, 0.5) is 0 Å². The molecule has 0 atom stereocenters. The van der Waals surface area contributed by atoms with E-state index in [0.29, 0.717) is 30.9 Å². The summed E-state index contributed by atoms with van der Waals surface area (Å²) in [4.78, 5) is 21.9. The lowest BCUT2D eigenvalue weighted by molar-refractivity contribution is 0.0972. The lowest BCUT2D eigenvalue weighted by Crippen LogP contribution is -2.35. The van der Waals surface area contributed by atoms with Crippen LogP contribution in [0.25, 0.3) is 21.5 Å². The molecule has 0 radical (unpaired) electrons. The van der Waals surface area contributed by atoms with Gasteiger partial charge in [0.05, 0.1) is 17.5 Å². The standard InChI is InChI=1S/C22H20N4O3S2/c1-14-19(22(27)25-31(28,29)18-7-8-18)26(21(24-14)16-6-3-10-23-12-16)13-17-5-2-4-15-9-11-30-20(15)17/h2-6,9-12,18H,7-8,13H2,1H3,(H,25,27). The van der Waals surface area contributed by atoms with E-state index >= 15 is 0 Å². The molecule has 1 amide bonds. The van der Waals surface area contributed by atoms with Gasteiger partial charge in [-0.1, -0.05) is 18.2 Å². The Morgan fingerprint density at radius 1 is 1.23 bits per heavy atom. The summed E-state index contributed by atoms with van der Waals surface area (Å²) in [5.41, 5.74) is 2.51. The number of aryl methyl sites for hydroxylation is 1. The molecule has 0 unspecified atom stereocenters. The van der Waals surface area contributed by atoms with Crippen LogP contribution in [0.3, 0.4) is 0 Å². The van der Waals surface area contributed by atoms with Crippen molar-refractivity contribution < 1.29 is 13.2 Å². The number of carbonyl (C=O) groups is 1. The van der Waals surface area contributed by atoms with Crippen LogP contribution < -0.4 is 4.72 Å². The number of hydrogen-bond donors (Lipinski definition) is 1. The topological polar surface area (TPSA) is 93.9 Å². The number of rotatable bonds is 6. The van der Waals surface area contributed by atoms with Gasteiger partial charge in [0.25, 0.3) is 5.91 Å². The number of aromatic nitrogens is 3. The summed E-state index contributed by atoms with van der Waals surface area (Å²) >= 11 is 1.64. The Bertz CT molecular complexity index is 1390. The van der Waals surface area contributed by atoms with E-state index in [4.69, 9.17) is 0 Å². The number of imidazole rings is 1. The highest BCUT2D eigenvalue weighted by Crippen LogP contribution is 2.30. The number of hydrogen-bond acceptors (Lipinski definition) is 6. The first-order valence-electron chi connectivity index (χ1n) is 9.92. The lowest BCUT2D eigenvalue weighted by atomic mass is 10.1. The maximum absolute atomic E-state index is 13.1. The monoisotopic (exact) mass is 452 g/mol. The van der Waals surface area contributed by atoms with Crippen LogP contribution in [0.1, 0.15) is 34.6 Å². The van der Waals surface area contributed by atoms with Gasteiger partial charge in [0, 0.05) is 22.7 Å². The molecule has 5 rings (SSSR count). The fourth-order valence-electron chi connectivity index (χ4n) is 3.72. The first kappa shape index (κ1) is 19.9. The van der Waals surface area contributed by atoms with Gasteiger partial charge >= 0.3 is 0 Å². The second-order valence-corrected chi connectivity index (χ2v) is 10.5. The maximum Gasteiger partial charge on any atom is 0.283 e. The van der Waals surface area contributed by atoms with E-state index in [9.17, 15) is 13.2 Å². The predicted octanol–water partition coefficient (Wildman–Crippen LogP) is 3.74. The van der Waals surface area contributed by atoms with Crippen LogP contribution >= 0.6 is 11.3 Å². The summed E-state index contributed by atoms with van der Waals surface area (Å²) in [6, 6.07) is 11.8. The number of pyridine rings is 1. The maximum atomic E-state index is 13.1. The highest BCUT2D eigenvalue weighted by molar-refractivity contribution is 7.91. The number of nitrogens with zero attached hydrogens (tertiary/aromatic N) is 3. The number of amides is 1. The summed E-state index contributed by atoms with van der Waals surface area (Å²) in [5.74, 6) is -0.0708. The van der Waals surface area contributed by atoms with E-state index in [0.717, 1.165) is 21.2 Å². The highest BCUT2D eigenvalue weighted by Gasteiger charge is 2.38. The van der Waals surface area contributed by atoms with E-state index < -0.39 is 21.2 Å². The van der Waals surface area contributed by atoms with Crippen LogP contribution in [0.15, 0.2) is 54.2 Å². The minimum absolute atomic E-state index is 0.247. The first-order valence-corrected chi connectivity index (χ1v) is 12.4. The largest absolute Gasteiger partial charge is 0.315 e. The van der Waals surface area contributed by atoms with Gasteiger partial charge in [-0.15, -0.1) is 11.3 Å². The van der Waals surface area contributed by atoms with Crippen molar-refractivity contribution in [3.05, 3.63) is 71.1 Å². The van der Waals surface area contributed by atoms with E-state index in [1.54, 1.807) is 41.3 Å². The van der Waals surface area contributed by atoms with Gasteiger partial charge in [0.1, 0.15) is 11.5 Å². The van der Waals surface area contributed by atoms with Gasteiger partial charge in [0.2, 0.25) is 10.0 Å². The van der Waals surface area contributed by atoms with Crippen molar-refractivity contribution in [3.8, 4) is 11.4 Å². The van der Waals surface area contributed by atoms with Gasteiger partial charge < -0.3 is 4.57 Å². The normalized spacial score (nSPS) is 14.1. The molecule has 1 aromatic carbocycles. The van der Waals surface area contributed by atoms with Crippen molar-refractivity contribution in [2.45, 2.75) is 31.6 Å². The Hall–Kier alpha value is -3.04. The minimum atomic E-state index is -3.67. The van der Waals surface area contributed by atoms with E-state index in [2.05, 4.69) is 20.8 Å². The van der Waals surface area contributed by atoms with Crippen molar-refractivity contribution in [1.29, 1.82) is 0 Å². The van der Waals surface area contributed by atoms with Crippen LogP contribution in [0.2, 0.25) is 0 Å². The number of sulfonamides is 1. The zero-order valence-electron chi connectivity index (χ0n) is 16.8. The molecule has 1 fully saturated rings. The number of fused-ring (bicyclic) bond motifs is 1. The molecule has 7 nitrogen and oxygen atoms in total. The number of thiophene rings is 1. The van der Waals surface area contributed by atoms with Gasteiger partial charge in [-0.3, -0.25) is 9.78 Å². The predicted molar refractivity (Wildman–Crippen MR) is 121 cm³/mol. The SMILES string of the molecule is Cc1nc(-c2cccnc2)n(Cc2cccc3ccsc23)c1C(=O)NS(=O)(=O)C1CC1. The molecule has 1 N–H and O–H groups in total. The minimum Gasteiger partial charge on any atom is -0.315 e. The van der Waals surface area contributed by atoms with Crippen LogP contribution in [-0.4, -0.2) is 34.1 Å². The Labute approximate surface area is 183 Å². The van der Waals surface area contributed by atoms with Crippen LogP contribution in [0.5, 0.6) is 0 Å². The first-order chi connectivity index (χ1) is 14.9. The molecule has 0 bridgehead atoms. The lowest BCUT2D eigenvalue weighted by Gasteiger charge is -2.14. The van der Waals surface area contributed by atoms with Gasteiger partial charge in [-0.05, 0) is 54.3 Å². The fraction of sp³-hybridized carbons (Fsp3) is 0.227. The van der Waals surface area contributed by atoms with Gasteiger partial charge in [-0.2, -0.15) is 0 Å². The smallest absolute Gasteiger partial charge is 0.283 e. The third-order valence-corrected chi connectivity index (χ3v) is 8.19. The molecule has 0 saturated heterocycles. The Balaban J connectivity index is 1.63. The molecular formula is C22H20N4O3S2. The van der Waals surface area contributed by atoms with E-state index in [1.807, 2.05) is 29.6 Å². The van der Waals surface area contributed by atoms with E-state index in [-0.39, 0.29) is 5.69 Å². The molecule has 3 aromatic heterocycles. The molecule has 9 heteroatoms. The van der Waals surface area contributed by atoms with Crippen molar-refractivity contribution in [3.63, 3.8) is 0 Å². The molecule has 31 heavy (non-hydrogen) atoms. The Morgan fingerprint density at radius 3 is 2.81 bits per heavy atom. The summed E-state index contributed by atoms with van der Waals surface area (Å²) < 4.78 is 30.0. The van der Waals surface area contributed by atoms with Gasteiger partial charge in [0.15, 0.2) is 0 Å². The molecule has 1 aliphatic carbocycles. The van der Waals surface area contributed by atoms with Crippen molar-refractivity contribution >= 4 is 37.4 Å². The summed E-state index contributed by atoms with van der Waals surface area (Å²) in [7, 11) is -3.67. The Kier molecular flexibility index (Phi) is 4.86. The molecule has 3 heterocycles. The third-order valence-electron chi connectivity index (χ3n) is 5.36. The second-order valence-electron chi connectivity index (χ2n) is 7.63. The molecule has 0 spiro atoms. The summed E-state index contributed by atoms with van der Waals surface area (Å²) in [6.45, 7) is 2.11. The molecule has 4 aromatic rings. The average molecular weight is 453 g/mol. The highest BCUT2D eigenvalue weighted by atomic mass is 32.2. The number of nitrogens with one attached hydrogen (secondary N) is 1. The number of carbonyl (C=O) groups excluding carboxylic acids is 1. The molecule has 158 valence electrons. The van der Waals surface area contributed by atoms with Crippen LogP contribution in [0, 0.1) is 6.92 Å². The summed E-state index contributed by atoms with van der Waals surface area (Å²) in [5, 5.41) is 2.68. The second kappa shape index (κ2) is 7.58. The fourth-order valence-corrected chi connectivity index (χ4v) is 5.90. The average Bonchev–Trinajstić information content (AvgIpc) is 3.42. The van der Waals surface area contributed by atoms with Crippen LogP contribution in [-0.2, 0) is 16.6 Å². The van der Waals surface area contributed by atoms with Crippen molar-refractivity contribution in [1.82, 2.24) is 19.3 Å². The molecule has 1 saturated carbocycles. The van der Waals surface area contributed by atoms with Crippen molar-refractivity contribution in [2.24, 2.45) is 0 Å². The zero-order valence-corrected chi connectivity index (χ0v) is 18.4. The molecule has 1 aliphatic rings. The zero-order chi connectivity index (χ0) is 21.6. The quantitative estimate of drug-likeness (QED) is 0.481.